The highest BCUT2D eigenvalue weighted by molar-refractivity contribution is 5.98. The van der Waals surface area contributed by atoms with Crippen LogP contribution >= 0.6 is 0 Å². The third-order valence-electron chi connectivity index (χ3n) is 6.64. The van der Waals surface area contributed by atoms with Crippen LogP contribution in [0.5, 0.6) is 11.5 Å². The summed E-state index contributed by atoms with van der Waals surface area (Å²) in [6.07, 6.45) is 2.83. The number of carbonyl (C=O) groups excluding carboxylic acids is 3. The van der Waals surface area contributed by atoms with Gasteiger partial charge in [-0.15, -0.1) is 0 Å². The molecule has 4 heterocycles. The molecule has 3 aliphatic rings. The van der Waals surface area contributed by atoms with Crippen LogP contribution in [0.4, 0.5) is 4.79 Å². The van der Waals surface area contributed by atoms with Crippen molar-refractivity contribution in [2.75, 3.05) is 39.5 Å². The molecule has 0 spiro atoms. The third kappa shape index (κ3) is 4.94. The third-order valence-corrected chi connectivity index (χ3v) is 6.64. The van der Waals surface area contributed by atoms with Crippen LogP contribution in [-0.4, -0.2) is 62.1 Å². The molecule has 10 heteroatoms. The highest BCUT2D eigenvalue weighted by Crippen LogP contribution is 2.33. The van der Waals surface area contributed by atoms with Crippen molar-refractivity contribution in [1.29, 1.82) is 0 Å². The maximum absolute atomic E-state index is 13.2. The molecule has 1 fully saturated rings. The maximum atomic E-state index is 13.2. The molecule has 1 aromatic carbocycles. The molecule has 36 heavy (non-hydrogen) atoms. The fraction of sp³-hybridized carbons (Fsp3) is 0.423. The Bertz CT molecular complexity index is 1170. The second-order valence-corrected chi connectivity index (χ2v) is 8.93. The Labute approximate surface area is 208 Å². The Balaban J connectivity index is 1.28. The smallest absolute Gasteiger partial charge is 0.338 e. The summed E-state index contributed by atoms with van der Waals surface area (Å²) >= 11 is 0. The van der Waals surface area contributed by atoms with Crippen molar-refractivity contribution in [3.05, 3.63) is 59.2 Å². The molecule has 1 unspecified atom stereocenters. The monoisotopic (exact) mass is 495 g/mol. The zero-order chi connectivity index (χ0) is 25.1. The molecular formula is C26H29N3O7. The van der Waals surface area contributed by atoms with Crippen LogP contribution in [0, 0.1) is 5.92 Å². The van der Waals surface area contributed by atoms with Crippen molar-refractivity contribution in [3.63, 3.8) is 0 Å². The summed E-state index contributed by atoms with van der Waals surface area (Å²) in [7, 11) is 0. The Hall–Kier alpha value is -3.79. The van der Waals surface area contributed by atoms with Gasteiger partial charge in [-0.25, -0.2) is 9.59 Å². The standard InChI is InChI=1S/C26H29N3O7/c1-2-33-25(31)22-18(27-26(32)28-23(22)20-4-3-11-34-20)15-29-9-7-16(8-10-29)24(30)17-5-6-19-21(14-17)36-13-12-35-19/h3-6,11,14,16,23H,2,7-10,12-13,15H2,1H3,(H2,27,28,32). The lowest BCUT2D eigenvalue weighted by Crippen LogP contribution is -2.49. The van der Waals surface area contributed by atoms with E-state index < -0.39 is 18.0 Å². The van der Waals surface area contributed by atoms with Gasteiger partial charge < -0.3 is 29.3 Å². The number of rotatable bonds is 7. The minimum Gasteiger partial charge on any atom is -0.486 e. The van der Waals surface area contributed by atoms with Gasteiger partial charge in [-0.3, -0.25) is 9.69 Å². The lowest BCUT2D eigenvalue weighted by molar-refractivity contribution is -0.139. The molecule has 2 N–H and O–H groups in total. The number of ether oxygens (including phenoxy) is 3. The number of hydrogen-bond donors (Lipinski definition) is 2. The average Bonchev–Trinajstić information content (AvgIpc) is 3.43. The predicted octanol–water partition coefficient (Wildman–Crippen LogP) is 2.82. The van der Waals surface area contributed by atoms with Gasteiger partial charge in [0, 0.05) is 23.7 Å². The van der Waals surface area contributed by atoms with E-state index in [1.54, 1.807) is 37.3 Å². The van der Waals surface area contributed by atoms with E-state index in [0.717, 1.165) is 0 Å². The van der Waals surface area contributed by atoms with Crippen LogP contribution in [0.2, 0.25) is 0 Å². The number of urea groups is 1. The van der Waals surface area contributed by atoms with Crippen molar-refractivity contribution in [1.82, 2.24) is 15.5 Å². The first-order chi connectivity index (χ1) is 17.5. The van der Waals surface area contributed by atoms with Gasteiger partial charge in [0.15, 0.2) is 17.3 Å². The fourth-order valence-corrected chi connectivity index (χ4v) is 4.87. The van der Waals surface area contributed by atoms with Crippen LogP contribution in [0.1, 0.15) is 41.9 Å². The topological polar surface area (TPSA) is 119 Å². The van der Waals surface area contributed by atoms with Gasteiger partial charge in [-0.1, -0.05) is 0 Å². The van der Waals surface area contributed by atoms with Gasteiger partial charge in [0.1, 0.15) is 25.0 Å². The summed E-state index contributed by atoms with van der Waals surface area (Å²) in [6.45, 7) is 4.57. The molecule has 0 saturated carbocycles. The molecule has 1 atom stereocenters. The molecule has 0 aliphatic carbocycles. The number of Topliss-reactive ketones (excluding diaryl/α,β-unsaturated/α-hetero) is 1. The van der Waals surface area contributed by atoms with Crippen molar-refractivity contribution in [2.24, 2.45) is 5.92 Å². The summed E-state index contributed by atoms with van der Waals surface area (Å²) < 4.78 is 21.9. The number of carbonyl (C=O) groups is 3. The summed E-state index contributed by atoms with van der Waals surface area (Å²) in [5.74, 6) is 1.19. The SMILES string of the molecule is CCOC(=O)C1=C(CN2CCC(C(=O)c3ccc4c(c3)OCCO4)CC2)NC(=O)NC1c1ccco1. The van der Waals surface area contributed by atoms with Gasteiger partial charge in [-0.05, 0) is 63.2 Å². The molecule has 2 aromatic rings. The number of fused-ring (bicyclic) bond motifs is 1. The van der Waals surface area contributed by atoms with Crippen LogP contribution < -0.4 is 20.1 Å². The number of hydrogen-bond acceptors (Lipinski definition) is 8. The summed E-state index contributed by atoms with van der Waals surface area (Å²) in [5, 5.41) is 5.54. The van der Waals surface area contributed by atoms with E-state index in [4.69, 9.17) is 18.6 Å². The molecule has 5 rings (SSSR count). The van der Waals surface area contributed by atoms with E-state index in [0.29, 0.717) is 79.8 Å². The second-order valence-electron chi connectivity index (χ2n) is 8.93. The molecule has 2 amide bonds. The molecule has 1 saturated heterocycles. The normalized spacial score (nSPS) is 20.5. The van der Waals surface area contributed by atoms with Crippen molar-refractivity contribution >= 4 is 17.8 Å². The van der Waals surface area contributed by atoms with Crippen molar-refractivity contribution in [2.45, 2.75) is 25.8 Å². The van der Waals surface area contributed by atoms with Crippen LogP contribution in [0.25, 0.3) is 0 Å². The number of likely N-dealkylation sites (tertiary alicyclic amines) is 1. The number of nitrogens with zero attached hydrogens (tertiary/aromatic N) is 1. The highest BCUT2D eigenvalue weighted by Gasteiger charge is 2.36. The minimum absolute atomic E-state index is 0.0890. The number of benzene rings is 1. The fourth-order valence-electron chi connectivity index (χ4n) is 4.87. The Morgan fingerprint density at radius 1 is 1.11 bits per heavy atom. The largest absolute Gasteiger partial charge is 0.486 e. The van der Waals surface area contributed by atoms with Gasteiger partial charge >= 0.3 is 12.0 Å². The number of nitrogens with one attached hydrogen (secondary N) is 2. The van der Waals surface area contributed by atoms with E-state index in [1.165, 1.54) is 6.26 Å². The van der Waals surface area contributed by atoms with E-state index in [2.05, 4.69) is 15.5 Å². The highest BCUT2D eigenvalue weighted by atomic mass is 16.6. The zero-order valence-corrected chi connectivity index (χ0v) is 20.1. The molecule has 3 aliphatic heterocycles. The lowest BCUT2D eigenvalue weighted by Gasteiger charge is -2.34. The van der Waals surface area contributed by atoms with E-state index in [1.807, 2.05) is 0 Å². The van der Waals surface area contributed by atoms with Gasteiger partial charge in [0.2, 0.25) is 0 Å². The Morgan fingerprint density at radius 3 is 2.61 bits per heavy atom. The summed E-state index contributed by atoms with van der Waals surface area (Å²) in [6, 6.07) is 7.60. The molecule has 0 bridgehead atoms. The first-order valence-corrected chi connectivity index (χ1v) is 12.2. The van der Waals surface area contributed by atoms with Crippen LogP contribution in [-0.2, 0) is 9.53 Å². The number of amides is 2. The first-order valence-electron chi connectivity index (χ1n) is 12.2. The quantitative estimate of drug-likeness (QED) is 0.445. The molecule has 10 nitrogen and oxygen atoms in total. The number of esters is 1. The van der Waals surface area contributed by atoms with Gasteiger partial charge in [0.25, 0.3) is 0 Å². The Morgan fingerprint density at radius 2 is 1.89 bits per heavy atom. The molecule has 190 valence electrons. The van der Waals surface area contributed by atoms with Crippen LogP contribution in [0.3, 0.4) is 0 Å². The number of ketones is 1. The number of piperidine rings is 1. The van der Waals surface area contributed by atoms with Crippen LogP contribution in [0.15, 0.2) is 52.3 Å². The number of furan rings is 1. The van der Waals surface area contributed by atoms with Gasteiger partial charge in [-0.2, -0.15) is 0 Å². The lowest BCUT2D eigenvalue weighted by atomic mass is 9.88. The van der Waals surface area contributed by atoms with E-state index >= 15 is 0 Å². The van der Waals surface area contributed by atoms with Crippen molar-refractivity contribution < 1.29 is 33.0 Å². The zero-order valence-electron chi connectivity index (χ0n) is 20.1. The van der Waals surface area contributed by atoms with E-state index in [9.17, 15) is 14.4 Å². The molecule has 1 aromatic heterocycles. The predicted molar refractivity (Wildman–Crippen MR) is 128 cm³/mol. The maximum Gasteiger partial charge on any atom is 0.338 e. The van der Waals surface area contributed by atoms with Crippen molar-refractivity contribution in [3.8, 4) is 11.5 Å². The molecular weight excluding hydrogens is 466 g/mol. The average molecular weight is 496 g/mol. The Kier molecular flexibility index (Phi) is 6.95. The summed E-state index contributed by atoms with van der Waals surface area (Å²) in [4.78, 5) is 40.6. The summed E-state index contributed by atoms with van der Waals surface area (Å²) in [5.41, 5.74) is 1.42. The van der Waals surface area contributed by atoms with Gasteiger partial charge in [0.05, 0.1) is 18.4 Å². The second kappa shape index (κ2) is 10.4. The first kappa shape index (κ1) is 23.9. The minimum atomic E-state index is -0.739. The van der Waals surface area contributed by atoms with E-state index in [-0.39, 0.29) is 18.3 Å². The molecule has 0 radical (unpaired) electrons.